The zero-order chi connectivity index (χ0) is 17.1. The van der Waals surface area contributed by atoms with Crippen LogP contribution in [0.3, 0.4) is 0 Å². The van der Waals surface area contributed by atoms with Crippen molar-refractivity contribution in [3.05, 3.63) is 46.5 Å². The molecule has 2 aromatic heterocycles. The van der Waals surface area contributed by atoms with Gasteiger partial charge in [-0.2, -0.15) is 0 Å². The highest BCUT2D eigenvalue weighted by atomic mass is 32.1. The zero-order valence-electron chi connectivity index (χ0n) is 13.3. The smallest absolute Gasteiger partial charge is 0.261 e. The first-order chi connectivity index (χ1) is 11.5. The highest BCUT2D eigenvalue weighted by Crippen LogP contribution is 2.23. The Morgan fingerprint density at radius 3 is 2.83 bits per heavy atom. The fraction of sp³-hybridized carbons (Fsp3) is 0.235. The van der Waals surface area contributed by atoms with Crippen molar-refractivity contribution in [2.75, 3.05) is 11.9 Å². The minimum absolute atomic E-state index is 0.0924. The summed E-state index contributed by atoms with van der Waals surface area (Å²) in [5.74, 6) is 0.306. The van der Waals surface area contributed by atoms with E-state index in [2.05, 4.69) is 15.6 Å². The Balaban J connectivity index is 1.61. The van der Waals surface area contributed by atoms with Crippen LogP contribution in [0.2, 0.25) is 0 Å². The van der Waals surface area contributed by atoms with Crippen LogP contribution in [0.4, 0.5) is 5.69 Å². The minimum atomic E-state index is -0.299. The van der Waals surface area contributed by atoms with Crippen molar-refractivity contribution >= 4 is 39.9 Å². The van der Waals surface area contributed by atoms with Gasteiger partial charge in [-0.25, -0.2) is 4.98 Å². The van der Waals surface area contributed by atoms with Gasteiger partial charge in [0.15, 0.2) is 11.5 Å². The van der Waals surface area contributed by atoms with Crippen LogP contribution < -0.4 is 10.6 Å². The van der Waals surface area contributed by atoms with Gasteiger partial charge in [-0.3, -0.25) is 9.59 Å². The molecule has 0 unspecified atom stereocenters. The molecule has 0 fully saturated rings. The molecule has 2 amide bonds. The van der Waals surface area contributed by atoms with E-state index in [1.165, 1.54) is 11.3 Å². The van der Waals surface area contributed by atoms with Crippen LogP contribution in [-0.4, -0.2) is 23.3 Å². The maximum absolute atomic E-state index is 12.0. The molecule has 0 saturated heterocycles. The number of thiophene rings is 1. The Kier molecular flexibility index (Phi) is 4.61. The fourth-order valence-electron chi connectivity index (χ4n) is 2.13. The molecular weight excluding hydrogens is 326 g/mol. The zero-order valence-corrected chi connectivity index (χ0v) is 14.1. The summed E-state index contributed by atoms with van der Waals surface area (Å²) in [6.45, 7) is 3.91. The van der Waals surface area contributed by atoms with Gasteiger partial charge in [0.05, 0.1) is 11.4 Å². The lowest BCUT2D eigenvalue weighted by atomic mass is 10.2. The number of carbonyl (C=O) groups excluding carboxylic acids is 2. The topological polar surface area (TPSA) is 84.2 Å². The number of anilines is 1. The Hall–Kier alpha value is -2.67. The van der Waals surface area contributed by atoms with Crippen molar-refractivity contribution in [3.8, 4) is 0 Å². The van der Waals surface area contributed by atoms with Crippen LogP contribution in [0.5, 0.6) is 0 Å². The van der Waals surface area contributed by atoms with Crippen molar-refractivity contribution in [2.45, 2.75) is 19.8 Å². The van der Waals surface area contributed by atoms with Gasteiger partial charge in [0, 0.05) is 11.6 Å². The number of hydrogen-bond donors (Lipinski definition) is 2. The molecule has 0 radical (unpaired) electrons. The summed E-state index contributed by atoms with van der Waals surface area (Å²) in [6.07, 6.45) is 0. The highest BCUT2D eigenvalue weighted by molar-refractivity contribution is 7.12. The first-order valence-electron chi connectivity index (χ1n) is 7.55. The monoisotopic (exact) mass is 343 g/mol. The van der Waals surface area contributed by atoms with Gasteiger partial charge in [-0.1, -0.05) is 19.9 Å². The summed E-state index contributed by atoms with van der Waals surface area (Å²) in [4.78, 5) is 28.7. The van der Waals surface area contributed by atoms with E-state index in [-0.39, 0.29) is 24.3 Å². The van der Waals surface area contributed by atoms with Crippen LogP contribution in [0, 0.1) is 0 Å². The number of hydrogen-bond acceptors (Lipinski definition) is 5. The van der Waals surface area contributed by atoms with Gasteiger partial charge in [-0.15, -0.1) is 11.3 Å². The van der Waals surface area contributed by atoms with Gasteiger partial charge in [-0.05, 0) is 29.6 Å². The standard InChI is InChI=1S/C17H17N3O3S/c1-10(2)17-20-12-8-11(5-6-13(12)23-17)19-15(21)9-18-16(22)14-4-3-7-24-14/h3-8,10H,9H2,1-2H3,(H,18,22)(H,19,21). The van der Waals surface area contributed by atoms with Crippen LogP contribution >= 0.6 is 11.3 Å². The van der Waals surface area contributed by atoms with Crippen LogP contribution in [0.1, 0.15) is 35.3 Å². The molecule has 3 rings (SSSR count). The molecule has 0 aliphatic rings. The van der Waals surface area contributed by atoms with E-state index in [1.807, 2.05) is 19.2 Å². The fourth-order valence-corrected chi connectivity index (χ4v) is 2.77. The van der Waals surface area contributed by atoms with E-state index >= 15 is 0 Å². The Morgan fingerprint density at radius 1 is 1.29 bits per heavy atom. The number of fused-ring (bicyclic) bond motifs is 1. The summed E-state index contributed by atoms with van der Waals surface area (Å²) in [5, 5.41) is 7.14. The third kappa shape index (κ3) is 3.62. The van der Waals surface area contributed by atoms with Crippen molar-refractivity contribution in [1.82, 2.24) is 10.3 Å². The lowest BCUT2D eigenvalue weighted by Crippen LogP contribution is -2.32. The molecule has 3 aromatic rings. The second-order valence-corrected chi connectivity index (χ2v) is 6.55. The summed E-state index contributed by atoms with van der Waals surface area (Å²) in [6, 6.07) is 8.77. The highest BCUT2D eigenvalue weighted by Gasteiger charge is 2.12. The van der Waals surface area contributed by atoms with Crippen LogP contribution in [0.15, 0.2) is 40.1 Å². The summed E-state index contributed by atoms with van der Waals surface area (Å²) in [5.41, 5.74) is 1.99. The predicted molar refractivity (Wildman–Crippen MR) is 93.4 cm³/mol. The molecule has 6 nitrogen and oxygen atoms in total. The lowest BCUT2D eigenvalue weighted by Gasteiger charge is -2.06. The molecule has 0 bridgehead atoms. The largest absolute Gasteiger partial charge is 0.440 e. The van der Waals surface area contributed by atoms with Gasteiger partial charge in [0.1, 0.15) is 5.52 Å². The van der Waals surface area contributed by atoms with Crippen molar-refractivity contribution in [1.29, 1.82) is 0 Å². The third-order valence-corrected chi connectivity index (χ3v) is 4.20. The lowest BCUT2D eigenvalue weighted by molar-refractivity contribution is -0.115. The Morgan fingerprint density at radius 2 is 2.12 bits per heavy atom. The molecule has 0 aliphatic carbocycles. The van der Waals surface area contributed by atoms with Crippen molar-refractivity contribution < 1.29 is 14.0 Å². The molecule has 1 aromatic carbocycles. The van der Waals surface area contributed by atoms with E-state index < -0.39 is 0 Å². The van der Waals surface area contributed by atoms with E-state index in [0.717, 1.165) is 0 Å². The van der Waals surface area contributed by atoms with E-state index in [4.69, 9.17) is 4.42 Å². The number of benzene rings is 1. The number of aromatic nitrogens is 1. The number of carbonyl (C=O) groups is 2. The predicted octanol–water partition coefficient (Wildman–Crippen LogP) is 3.38. The molecule has 2 N–H and O–H groups in total. The Labute approximate surface area is 142 Å². The first kappa shape index (κ1) is 16.2. The first-order valence-corrected chi connectivity index (χ1v) is 8.43. The second-order valence-electron chi connectivity index (χ2n) is 5.60. The number of nitrogens with one attached hydrogen (secondary N) is 2. The van der Waals surface area contributed by atoms with Gasteiger partial charge in [0.25, 0.3) is 5.91 Å². The Bertz CT molecular complexity index is 868. The normalized spacial score (nSPS) is 11.0. The summed E-state index contributed by atoms with van der Waals surface area (Å²) >= 11 is 1.33. The van der Waals surface area contributed by atoms with Gasteiger partial charge in [0.2, 0.25) is 5.91 Å². The molecule has 0 atom stereocenters. The molecule has 124 valence electrons. The molecule has 24 heavy (non-hydrogen) atoms. The molecule has 0 aliphatic heterocycles. The molecule has 7 heteroatoms. The summed E-state index contributed by atoms with van der Waals surface area (Å²) < 4.78 is 5.63. The van der Waals surface area contributed by atoms with Crippen LogP contribution in [-0.2, 0) is 4.79 Å². The van der Waals surface area contributed by atoms with Gasteiger partial charge < -0.3 is 15.1 Å². The van der Waals surface area contributed by atoms with Crippen molar-refractivity contribution in [2.24, 2.45) is 0 Å². The van der Waals surface area contributed by atoms with E-state index in [0.29, 0.717) is 27.6 Å². The molecule has 0 saturated carbocycles. The molecule has 2 heterocycles. The number of oxazole rings is 1. The number of amides is 2. The summed E-state index contributed by atoms with van der Waals surface area (Å²) in [7, 11) is 0. The van der Waals surface area contributed by atoms with Gasteiger partial charge >= 0.3 is 0 Å². The third-order valence-electron chi connectivity index (χ3n) is 3.34. The molecular formula is C17H17N3O3S. The average molecular weight is 343 g/mol. The number of nitrogens with zero attached hydrogens (tertiary/aromatic N) is 1. The minimum Gasteiger partial charge on any atom is -0.440 e. The SMILES string of the molecule is CC(C)c1nc2cc(NC(=O)CNC(=O)c3cccs3)ccc2o1. The quantitative estimate of drug-likeness (QED) is 0.744. The van der Waals surface area contributed by atoms with E-state index in [1.54, 1.807) is 30.3 Å². The van der Waals surface area contributed by atoms with Crippen LogP contribution in [0.25, 0.3) is 11.1 Å². The van der Waals surface area contributed by atoms with E-state index in [9.17, 15) is 9.59 Å². The molecule has 0 spiro atoms. The second kappa shape index (κ2) is 6.84. The average Bonchev–Trinajstić information content (AvgIpc) is 3.21. The maximum Gasteiger partial charge on any atom is 0.261 e. The maximum atomic E-state index is 12.0. The van der Waals surface area contributed by atoms with Crippen molar-refractivity contribution in [3.63, 3.8) is 0 Å². The number of rotatable bonds is 5.